The van der Waals surface area contributed by atoms with E-state index in [1.165, 1.54) is 23.8 Å². The van der Waals surface area contributed by atoms with Crippen LogP contribution in [0.4, 0.5) is 10.1 Å². The number of nitrogens with one attached hydrogen (secondary N) is 2. The van der Waals surface area contributed by atoms with Gasteiger partial charge in [-0.25, -0.2) is 4.39 Å². The van der Waals surface area contributed by atoms with E-state index >= 15 is 0 Å². The molecule has 1 aliphatic carbocycles. The quantitative estimate of drug-likeness (QED) is 0.351. The standard InChI is InChI=1S/C38H47ClFN5O4/c1-24-8-6-11-30(25(24)2)42-36(47)34-38-15-14-31(49-38)32(35(46)41-27-12-13-29(40)28(39)22-27)33(38)37(48)45(34)17-7-16-43-18-20-44(21-19-43)23-26-9-4-3-5-10-26/h3-5,9-10,12-15,22,24-25,30-34H,6-8,11,16-21,23H2,1-2H3,(H,41,46)(H,42,47)/t24-,25-,30+,31+,32+,33+,34+,38+/m1/s1. The van der Waals surface area contributed by atoms with Gasteiger partial charge in [-0.05, 0) is 55.0 Å². The van der Waals surface area contributed by atoms with Gasteiger partial charge in [-0.15, -0.1) is 0 Å². The first-order valence-electron chi connectivity index (χ1n) is 17.9. The molecule has 4 aliphatic heterocycles. The Morgan fingerprint density at radius 3 is 2.51 bits per heavy atom. The fraction of sp³-hybridized carbons (Fsp3) is 0.553. The van der Waals surface area contributed by atoms with Crippen molar-refractivity contribution in [2.75, 3.05) is 44.6 Å². The third kappa shape index (κ3) is 6.65. The Labute approximate surface area is 293 Å². The maximum Gasteiger partial charge on any atom is 0.246 e. The fourth-order valence-electron chi connectivity index (χ4n) is 8.83. The van der Waals surface area contributed by atoms with E-state index < -0.39 is 41.3 Å². The number of hydrogen-bond donors (Lipinski definition) is 2. The smallest absolute Gasteiger partial charge is 0.246 e. The number of carbonyl (C=O) groups is 3. The zero-order chi connectivity index (χ0) is 34.3. The van der Waals surface area contributed by atoms with Gasteiger partial charge in [0, 0.05) is 51.0 Å². The molecule has 3 amide bonds. The maximum atomic E-state index is 14.4. The average Bonchev–Trinajstić information content (AvgIpc) is 3.73. The van der Waals surface area contributed by atoms with Gasteiger partial charge in [-0.1, -0.05) is 80.8 Å². The summed E-state index contributed by atoms with van der Waals surface area (Å²) in [5.41, 5.74) is 0.410. The molecule has 5 aliphatic rings. The van der Waals surface area contributed by atoms with E-state index in [0.29, 0.717) is 30.5 Å². The first-order chi connectivity index (χ1) is 23.6. The summed E-state index contributed by atoms with van der Waals surface area (Å²) >= 11 is 5.97. The van der Waals surface area contributed by atoms with Gasteiger partial charge in [0.2, 0.25) is 17.7 Å². The number of ether oxygens (including phenoxy) is 1. The summed E-state index contributed by atoms with van der Waals surface area (Å²) in [6.45, 7) is 10.4. The molecular weight excluding hydrogens is 645 g/mol. The summed E-state index contributed by atoms with van der Waals surface area (Å²) in [5.74, 6) is -2.33. The average molecular weight is 692 g/mol. The molecule has 262 valence electrons. The molecule has 0 aromatic heterocycles. The second-order valence-corrected chi connectivity index (χ2v) is 15.1. The predicted molar refractivity (Wildman–Crippen MR) is 186 cm³/mol. The summed E-state index contributed by atoms with van der Waals surface area (Å²) in [6, 6.07) is 13.6. The van der Waals surface area contributed by atoms with Crippen molar-refractivity contribution in [1.29, 1.82) is 0 Å². The van der Waals surface area contributed by atoms with Crippen LogP contribution >= 0.6 is 11.6 Å². The highest BCUT2D eigenvalue weighted by Crippen LogP contribution is 2.55. The number of hydrogen-bond acceptors (Lipinski definition) is 6. The SMILES string of the molecule is C[C@@H]1[C@H](C)CCC[C@@H]1NC(=O)[C@@H]1N(CCCN2CCN(Cc3ccccc3)CC2)C(=O)[C@@H]2[C@@H](C(=O)Nc3ccc(F)c(Cl)c3)[C@@H]3C=C[C@]21O3. The molecule has 1 spiro atoms. The molecule has 4 heterocycles. The van der Waals surface area contributed by atoms with Crippen molar-refractivity contribution in [3.63, 3.8) is 0 Å². The number of rotatable bonds is 10. The van der Waals surface area contributed by atoms with E-state index in [2.05, 4.69) is 58.5 Å². The van der Waals surface area contributed by atoms with Crippen LogP contribution in [-0.4, -0.2) is 95.5 Å². The van der Waals surface area contributed by atoms with Gasteiger partial charge in [0.25, 0.3) is 0 Å². The van der Waals surface area contributed by atoms with Gasteiger partial charge in [0.05, 0.1) is 23.0 Å². The van der Waals surface area contributed by atoms with Gasteiger partial charge in [0.15, 0.2) is 0 Å². The lowest BCUT2D eigenvalue weighted by Gasteiger charge is -2.38. The number of piperazine rings is 1. The van der Waals surface area contributed by atoms with Gasteiger partial charge < -0.3 is 25.2 Å². The van der Waals surface area contributed by atoms with Crippen LogP contribution in [0, 0.1) is 29.5 Å². The van der Waals surface area contributed by atoms with Gasteiger partial charge in [0.1, 0.15) is 17.5 Å². The number of carbonyl (C=O) groups excluding carboxylic acids is 3. The minimum atomic E-state index is -1.24. The highest BCUT2D eigenvalue weighted by Gasteiger charge is 2.72. The number of likely N-dealkylation sites (tertiary alicyclic amines) is 1. The molecule has 2 aromatic rings. The molecule has 3 saturated heterocycles. The van der Waals surface area contributed by atoms with Crippen molar-refractivity contribution in [2.24, 2.45) is 23.7 Å². The van der Waals surface area contributed by atoms with Crippen molar-refractivity contribution in [1.82, 2.24) is 20.0 Å². The molecule has 2 N–H and O–H groups in total. The number of nitrogens with zero attached hydrogens (tertiary/aromatic N) is 3. The molecule has 2 bridgehead atoms. The normalized spacial score (nSPS) is 32.8. The lowest BCUT2D eigenvalue weighted by atomic mass is 9.73. The molecule has 11 heteroatoms. The molecule has 49 heavy (non-hydrogen) atoms. The van der Waals surface area contributed by atoms with Gasteiger partial charge in [-0.2, -0.15) is 0 Å². The Kier molecular flexibility index (Phi) is 9.85. The van der Waals surface area contributed by atoms with E-state index in [-0.39, 0.29) is 22.9 Å². The molecule has 8 atom stereocenters. The predicted octanol–water partition coefficient (Wildman–Crippen LogP) is 4.72. The van der Waals surface area contributed by atoms with E-state index in [4.69, 9.17) is 16.3 Å². The van der Waals surface area contributed by atoms with E-state index in [1.54, 1.807) is 4.90 Å². The molecule has 0 unspecified atom stereocenters. The van der Waals surface area contributed by atoms with Crippen molar-refractivity contribution < 1.29 is 23.5 Å². The van der Waals surface area contributed by atoms with Crippen molar-refractivity contribution in [2.45, 2.75) is 69.9 Å². The molecular formula is C38H47ClFN5O4. The zero-order valence-corrected chi connectivity index (χ0v) is 29.1. The van der Waals surface area contributed by atoms with Gasteiger partial charge in [-0.3, -0.25) is 19.3 Å². The Morgan fingerprint density at radius 2 is 1.76 bits per heavy atom. The molecule has 1 saturated carbocycles. The van der Waals surface area contributed by atoms with Crippen LogP contribution in [0.1, 0.15) is 45.1 Å². The van der Waals surface area contributed by atoms with Gasteiger partial charge >= 0.3 is 0 Å². The summed E-state index contributed by atoms with van der Waals surface area (Å²) in [7, 11) is 0. The lowest BCUT2D eigenvalue weighted by Crippen LogP contribution is -2.58. The Bertz CT molecular complexity index is 1580. The largest absolute Gasteiger partial charge is 0.359 e. The summed E-state index contributed by atoms with van der Waals surface area (Å²) in [6.07, 6.45) is 6.80. The lowest BCUT2D eigenvalue weighted by molar-refractivity contribution is -0.141. The Hall–Kier alpha value is -3.31. The van der Waals surface area contributed by atoms with Crippen molar-refractivity contribution in [3.8, 4) is 0 Å². The fourth-order valence-corrected chi connectivity index (χ4v) is 9.01. The van der Waals surface area contributed by atoms with Crippen molar-refractivity contribution >= 4 is 35.0 Å². The summed E-state index contributed by atoms with van der Waals surface area (Å²) < 4.78 is 20.3. The number of fused-ring (bicyclic) bond motifs is 1. The summed E-state index contributed by atoms with van der Waals surface area (Å²) in [4.78, 5) is 49.1. The topological polar surface area (TPSA) is 94.2 Å². The Balaban J connectivity index is 1.06. The first-order valence-corrected chi connectivity index (χ1v) is 18.2. The van der Waals surface area contributed by atoms with Crippen LogP contribution in [0.3, 0.4) is 0 Å². The van der Waals surface area contributed by atoms with Crippen LogP contribution in [-0.2, 0) is 25.7 Å². The van der Waals surface area contributed by atoms with E-state index in [9.17, 15) is 18.8 Å². The summed E-state index contributed by atoms with van der Waals surface area (Å²) in [5, 5.41) is 6.04. The first kappa shape index (κ1) is 34.2. The van der Waals surface area contributed by atoms with E-state index in [0.717, 1.165) is 58.5 Å². The third-order valence-corrected chi connectivity index (χ3v) is 12.0. The van der Waals surface area contributed by atoms with Crippen molar-refractivity contribution in [3.05, 3.63) is 77.1 Å². The molecule has 7 rings (SSSR count). The minimum Gasteiger partial charge on any atom is -0.359 e. The van der Waals surface area contributed by atoms with Crippen LogP contribution in [0.25, 0.3) is 0 Å². The zero-order valence-electron chi connectivity index (χ0n) is 28.3. The Morgan fingerprint density at radius 1 is 1.00 bits per heavy atom. The second-order valence-electron chi connectivity index (χ2n) is 14.7. The highest BCUT2D eigenvalue weighted by molar-refractivity contribution is 6.31. The monoisotopic (exact) mass is 691 g/mol. The van der Waals surface area contributed by atoms with E-state index in [1.807, 2.05) is 18.2 Å². The maximum absolute atomic E-state index is 14.4. The number of halogens is 2. The minimum absolute atomic E-state index is 0.0146. The molecule has 4 fully saturated rings. The molecule has 9 nitrogen and oxygen atoms in total. The van der Waals surface area contributed by atoms with Crippen LogP contribution in [0.2, 0.25) is 5.02 Å². The third-order valence-electron chi connectivity index (χ3n) is 11.7. The van der Waals surface area contributed by atoms with Crippen LogP contribution < -0.4 is 10.6 Å². The van der Waals surface area contributed by atoms with Crippen LogP contribution in [0.15, 0.2) is 60.7 Å². The second kappa shape index (κ2) is 14.1. The highest BCUT2D eigenvalue weighted by atomic mass is 35.5. The number of amides is 3. The number of anilines is 1. The van der Waals surface area contributed by atoms with Crippen LogP contribution in [0.5, 0.6) is 0 Å². The number of benzene rings is 2. The molecule has 2 aromatic carbocycles. The molecule has 0 radical (unpaired) electrons.